The van der Waals surface area contributed by atoms with Crippen molar-refractivity contribution in [2.45, 2.75) is 45.5 Å². The topological polar surface area (TPSA) is 125 Å². The number of amides is 2. The predicted molar refractivity (Wildman–Crippen MR) is 104 cm³/mol. The molecule has 0 saturated heterocycles. The maximum Gasteiger partial charge on any atom is 0.341 e. The lowest BCUT2D eigenvalue weighted by Crippen LogP contribution is -2.40. The van der Waals surface area contributed by atoms with E-state index in [1.165, 1.54) is 23.7 Å². The van der Waals surface area contributed by atoms with Crippen LogP contribution in [0.3, 0.4) is 0 Å². The number of ether oxygens (including phenoxy) is 2. The highest BCUT2D eigenvalue weighted by Gasteiger charge is 2.40. The van der Waals surface area contributed by atoms with Gasteiger partial charge in [0.15, 0.2) is 11.4 Å². The van der Waals surface area contributed by atoms with Crippen molar-refractivity contribution in [1.29, 1.82) is 0 Å². The highest BCUT2D eigenvalue weighted by atomic mass is 32.1. The molecular weight excluding hydrogens is 396 g/mol. The molecule has 2 amide bonds. The molecule has 0 aromatic carbocycles. The number of nitrogens with two attached hydrogens (primary N) is 1. The van der Waals surface area contributed by atoms with E-state index in [0.29, 0.717) is 17.0 Å². The number of thiophene rings is 1. The molecule has 2 N–H and O–H groups in total. The SMILES string of the molecule is CC(C)(C)OC(=O)c1c(N)sc2c1CC(CN1C(=O)c3nccnc3C1=O)OC2. The third-order valence-electron chi connectivity index (χ3n) is 4.58. The second-order valence-electron chi connectivity index (χ2n) is 7.86. The van der Waals surface area contributed by atoms with Crippen molar-refractivity contribution in [2.24, 2.45) is 0 Å². The first-order chi connectivity index (χ1) is 13.7. The fourth-order valence-electron chi connectivity index (χ4n) is 3.38. The molecule has 1 unspecified atom stereocenters. The van der Waals surface area contributed by atoms with E-state index in [2.05, 4.69) is 9.97 Å². The molecule has 2 aliphatic heterocycles. The first-order valence-corrected chi connectivity index (χ1v) is 9.89. The third-order valence-corrected chi connectivity index (χ3v) is 5.62. The number of imide groups is 1. The fourth-order valence-corrected chi connectivity index (χ4v) is 4.39. The molecule has 29 heavy (non-hydrogen) atoms. The quantitative estimate of drug-likeness (QED) is 0.593. The van der Waals surface area contributed by atoms with Crippen LogP contribution in [0.2, 0.25) is 0 Å². The van der Waals surface area contributed by atoms with Gasteiger partial charge in [0.25, 0.3) is 11.8 Å². The molecule has 1 atom stereocenters. The normalized spacial score (nSPS) is 18.6. The van der Waals surface area contributed by atoms with Gasteiger partial charge in [0.2, 0.25) is 0 Å². The Labute approximate surface area is 170 Å². The van der Waals surface area contributed by atoms with E-state index in [1.807, 2.05) is 0 Å². The minimum atomic E-state index is -0.650. The zero-order valence-corrected chi connectivity index (χ0v) is 17.0. The predicted octanol–water partition coefficient (Wildman–Crippen LogP) is 1.81. The first-order valence-electron chi connectivity index (χ1n) is 9.08. The molecule has 0 radical (unpaired) electrons. The molecule has 0 aliphatic carbocycles. The molecule has 0 fully saturated rings. The van der Waals surface area contributed by atoms with Gasteiger partial charge in [0, 0.05) is 23.7 Å². The number of hydrogen-bond acceptors (Lipinski definition) is 9. The Hall–Kier alpha value is -2.85. The van der Waals surface area contributed by atoms with E-state index in [-0.39, 0.29) is 24.5 Å². The summed E-state index contributed by atoms with van der Waals surface area (Å²) in [6.07, 6.45) is 2.61. The molecule has 2 aromatic heterocycles. The Bertz CT molecular complexity index is 991. The Kier molecular flexibility index (Phi) is 4.62. The van der Waals surface area contributed by atoms with Gasteiger partial charge in [-0.25, -0.2) is 14.8 Å². The van der Waals surface area contributed by atoms with Crippen molar-refractivity contribution >= 4 is 34.1 Å². The maximum absolute atomic E-state index is 12.6. The number of aromatic nitrogens is 2. The van der Waals surface area contributed by atoms with Gasteiger partial charge in [0.1, 0.15) is 10.6 Å². The summed E-state index contributed by atoms with van der Waals surface area (Å²) >= 11 is 1.29. The van der Waals surface area contributed by atoms with Gasteiger partial charge >= 0.3 is 5.97 Å². The number of nitrogens with zero attached hydrogens (tertiary/aromatic N) is 3. The third kappa shape index (κ3) is 3.49. The van der Waals surface area contributed by atoms with Crippen molar-refractivity contribution in [3.63, 3.8) is 0 Å². The summed E-state index contributed by atoms with van der Waals surface area (Å²) < 4.78 is 11.3. The van der Waals surface area contributed by atoms with Crippen LogP contribution < -0.4 is 5.73 Å². The van der Waals surface area contributed by atoms with Gasteiger partial charge < -0.3 is 15.2 Å². The Morgan fingerprint density at radius 2 is 1.90 bits per heavy atom. The average molecular weight is 416 g/mol. The fraction of sp³-hybridized carbons (Fsp3) is 0.421. The Morgan fingerprint density at radius 3 is 2.48 bits per heavy atom. The molecule has 2 aliphatic rings. The largest absolute Gasteiger partial charge is 0.456 e. The van der Waals surface area contributed by atoms with Crippen LogP contribution in [0.5, 0.6) is 0 Å². The average Bonchev–Trinajstić information content (AvgIpc) is 3.09. The van der Waals surface area contributed by atoms with E-state index in [9.17, 15) is 14.4 Å². The van der Waals surface area contributed by atoms with E-state index in [1.54, 1.807) is 20.8 Å². The maximum atomic E-state index is 12.6. The lowest BCUT2D eigenvalue weighted by Gasteiger charge is -2.27. The van der Waals surface area contributed by atoms with Gasteiger partial charge in [0.05, 0.1) is 24.8 Å². The summed E-state index contributed by atoms with van der Waals surface area (Å²) in [6.45, 7) is 5.65. The van der Waals surface area contributed by atoms with Gasteiger partial charge in [-0.3, -0.25) is 14.5 Å². The summed E-state index contributed by atoms with van der Waals surface area (Å²) in [5.74, 6) is -1.48. The summed E-state index contributed by atoms with van der Waals surface area (Å²) in [5.41, 5.74) is 6.62. The highest BCUT2D eigenvalue weighted by Crippen LogP contribution is 2.37. The molecule has 0 spiro atoms. The Morgan fingerprint density at radius 1 is 1.28 bits per heavy atom. The number of hydrogen-bond donors (Lipinski definition) is 1. The number of rotatable bonds is 3. The van der Waals surface area contributed by atoms with Crippen molar-refractivity contribution in [1.82, 2.24) is 14.9 Å². The molecule has 9 nitrogen and oxygen atoms in total. The lowest BCUT2D eigenvalue weighted by molar-refractivity contribution is 0.00348. The van der Waals surface area contributed by atoms with Crippen LogP contribution >= 0.6 is 11.3 Å². The molecule has 4 heterocycles. The monoisotopic (exact) mass is 416 g/mol. The van der Waals surface area contributed by atoms with E-state index in [4.69, 9.17) is 15.2 Å². The summed E-state index contributed by atoms with van der Waals surface area (Å²) in [4.78, 5) is 47.5. The lowest BCUT2D eigenvalue weighted by atomic mass is 10.0. The standard InChI is InChI=1S/C19H20N4O5S/c1-19(2,3)28-18(26)12-10-6-9(27-8-11(10)29-15(12)20)7-23-16(24)13-14(17(23)25)22-5-4-21-13/h4-5,9H,6-8,20H2,1-3H3. The van der Waals surface area contributed by atoms with Crippen molar-refractivity contribution in [3.05, 3.63) is 39.8 Å². The van der Waals surface area contributed by atoms with Crippen LogP contribution in [0.4, 0.5) is 5.00 Å². The van der Waals surface area contributed by atoms with E-state index >= 15 is 0 Å². The van der Waals surface area contributed by atoms with E-state index in [0.717, 1.165) is 15.3 Å². The van der Waals surface area contributed by atoms with Crippen LogP contribution in [0.1, 0.15) is 62.5 Å². The number of carbonyl (C=O) groups excluding carboxylic acids is 3. The molecule has 2 aromatic rings. The van der Waals surface area contributed by atoms with Gasteiger partial charge in [-0.2, -0.15) is 0 Å². The number of nitrogen functional groups attached to an aromatic ring is 1. The first kappa shape index (κ1) is 19.5. The van der Waals surface area contributed by atoms with Crippen molar-refractivity contribution in [2.75, 3.05) is 12.3 Å². The van der Waals surface area contributed by atoms with Gasteiger partial charge in [-0.1, -0.05) is 0 Å². The summed E-state index contributed by atoms with van der Waals surface area (Å²) in [5, 5.41) is 0.377. The van der Waals surface area contributed by atoms with Crippen molar-refractivity contribution in [3.8, 4) is 0 Å². The number of fused-ring (bicyclic) bond motifs is 2. The smallest absolute Gasteiger partial charge is 0.341 e. The van der Waals surface area contributed by atoms with Gasteiger partial charge in [-0.15, -0.1) is 11.3 Å². The number of anilines is 1. The Balaban J connectivity index is 1.55. The van der Waals surface area contributed by atoms with Crippen LogP contribution in [0.15, 0.2) is 12.4 Å². The summed E-state index contributed by atoms with van der Waals surface area (Å²) in [6, 6.07) is 0. The minimum absolute atomic E-state index is 0.0403. The van der Waals surface area contributed by atoms with Crippen molar-refractivity contribution < 1.29 is 23.9 Å². The minimum Gasteiger partial charge on any atom is -0.456 e. The molecule has 10 heteroatoms. The number of carbonyl (C=O) groups is 3. The number of esters is 1. The zero-order valence-electron chi connectivity index (χ0n) is 16.2. The van der Waals surface area contributed by atoms with Crippen LogP contribution in [-0.2, 0) is 22.5 Å². The second-order valence-corrected chi connectivity index (χ2v) is 8.99. The van der Waals surface area contributed by atoms with Crippen LogP contribution in [0.25, 0.3) is 0 Å². The highest BCUT2D eigenvalue weighted by molar-refractivity contribution is 7.16. The summed E-state index contributed by atoms with van der Waals surface area (Å²) in [7, 11) is 0. The zero-order chi connectivity index (χ0) is 20.9. The second kappa shape index (κ2) is 6.89. The van der Waals surface area contributed by atoms with Crippen LogP contribution in [-0.4, -0.2) is 50.9 Å². The van der Waals surface area contributed by atoms with E-state index < -0.39 is 29.5 Å². The molecule has 152 valence electrons. The molecule has 4 rings (SSSR count). The molecular formula is C19H20N4O5S. The van der Waals surface area contributed by atoms with Crippen LogP contribution in [0, 0.1) is 0 Å². The molecule has 0 saturated carbocycles. The van der Waals surface area contributed by atoms with Gasteiger partial charge in [-0.05, 0) is 26.3 Å². The molecule has 0 bridgehead atoms.